The van der Waals surface area contributed by atoms with Gasteiger partial charge in [0.2, 0.25) is 10.0 Å². The van der Waals surface area contributed by atoms with Gasteiger partial charge >= 0.3 is 0 Å². The maximum atomic E-state index is 13.1. The molecule has 2 heterocycles. The fourth-order valence-corrected chi connectivity index (χ4v) is 6.54. The van der Waals surface area contributed by atoms with Gasteiger partial charge in [-0.25, -0.2) is 13.4 Å². The number of rotatable bonds is 7. The van der Waals surface area contributed by atoms with Crippen LogP contribution in [0.1, 0.15) is 5.56 Å². The Balaban J connectivity index is 0.00000336. The zero-order valence-corrected chi connectivity index (χ0v) is 24.7. The topological polar surface area (TPSA) is 73.1 Å². The number of thiazole rings is 1. The Hall–Kier alpha value is -2.47. The molecule has 4 aromatic rings. The molecule has 200 valence electrons. The lowest BCUT2D eigenvalue weighted by Crippen LogP contribution is -2.40. The summed E-state index contributed by atoms with van der Waals surface area (Å²) in [6.45, 7) is 2.15. The molecule has 0 spiro atoms. The van der Waals surface area contributed by atoms with Crippen molar-refractivity contribution in [3.8, 4) is 17.0 Å². The van der Waals surface area contributed by atoms with Gasteiger partial charge in [-0.05, 0) is 59.7 Å². The number of hydrogen-bond acceptors (Lipinski definition) is 6. The van der Waals surface area contributed by atoms with Crippen molar-refractivity contribution in [2.75, 3.05) is 33.4 Å². The molecule has 0 bridgehead atoms. The van der Waals surface area contributed by atoms with Crippen LogP contribution >= 0.6 is 39.9 Å². The predicted molar refractivity (Wildman–Crippen MR) is 156 cm³/mol. The summed E-state index contributed by atoms with van der Waals surface area (Å²) in [7, 11) is -1.91. The minimum Gasteiger partial charge on any atom is -0.497 e. The van der Waals surface area contributed by atoms with Crippen molar-refractivity contribution in [3.05, 3.63) is 93.6 Å². The SMILES string of the molecule is Br.COc1ccc(Cn2c(-c3ccc(S(=O)(=O)N4CCOCC4)cc3)csc2=Nc2ccc(Cl)cc2)cc1. The molecular formula is C27H27BrClN3O4S2. The lowest BCUT2D eigenvalue weighted by atomic mass is 10.1. The van der Waals surface area contributed by atoms with E-state index in [4.69, 9.17) is 26.1 Å². The Morgan fingerprint density at radius 3 is 2.26 bits per heavy atom. The van der Waals surface area contributed by atoms with E-state index in [2.05, 4.69) is 4.57 Å². The molecule has 0 atom stereocenters. The first-order valence-electron chi connectivity index (χ1n) is 11.7. The Labute approximate surface area is 241 Å². The van der Waals surface area contributed by atoms with Gasteiger partial charge in [-0.3, -0.25) is 0 Å². The molecular weight excluding hydrogens is 610 g/mol. The molecule has 0 unspecified atom stereocenters. The molecule has 1 aromatic heterocycles. The first-order valence-corrected chi connectivity index (χ1v) is 14.4. The number of halogens is 2. The first kappa shape index (κ1) is 28.5. The molecule has 0 saturated carbocycles. The zero-order valence-electron chi connectivity index (χ0n) is 20.6. The number of hydrogen-bond donors (Lipinski definition) is 0. The number of nitrogens with zero attached hydrogens (tertiary/aromatic N) is 3. The summed E-state index contributed by atoms with van der Waals surface area (Å²) in [4.78, 5) is 5.96. The fraction of sp³-hybridized carbons (Fsp3) is 0.222. The highest BCUT2D eigenvalue weighted by atomic mass is 79.9. The first-order chi connectivity index (χ1) is 17.9. The van der Waals surface area contributed by atoms with E-state index < -0.39 is 10.0 Å². The summed E-state index contributed by atoms with van der Waals surface area (Å²) < 4.78 is 40.3. The molecule has 0 aliphatic carbocycles. The van der Waals surface area contributed by atoms with E-state index >= 15 is 0 Å². The molecule has 1 saturated heterocycles. The van der Waals surface area contributed by atoms with Crippen molar-refractivity contribution in [2.24, 2.45) is 4.99 Å². The number of morpholine rings is 1. The van der Waals surface area contributed by atoms with Gasteiger partial charge in [0.05, 0.1) is 43.1 Å². The van der Waals surface area contributed by atoms with Crippen LogP contribution in [0.4, 0.5) is 5.69 Å². The third-order valence-corrected chi connectivity index (χ3v) is 9.14. The van der Waals surface area contributed by atoms with Crippen LogP contribution in [0.15, 0.2) is 88.1 Å². The summed E-state index contributed by atoms with van der Waals surface area (Å²) in [6.07, 6.45) is 0. The minimum absolute atomic E-state index is 0. The highest BCUT2D eigenvalue weighted by Gasteiger charge is 2.26. The van der Waals surface area contributed by atoms with Crippen LogP contribution in [0.5, 0.6) is 5.75 Å². The molecule has 38 heavy (non-hydrogen) atoms. The van der Waals surface area contributed by atoms with E-state index in [0.29, 0.717) is 37.9 Å². The van der Waals surface area contributed by atoms with Crippen LogP contribution in [0.25, 0.3) is 11.3 Å². The monoisotopic (exact) mass is 635 g/mol. The Kier molecular flexibility index (Phi) is 9.45. The van der Waals surface area contributed by atoms with E-state index in [0.717, 1.165) is 33.1 Å². The van der Waals surface area contributed by atoms with Crippen molar-refractivity contribution < 1.29 is 17.9 Å². The van der Waals surface area contributed by atoms with Gasteiger partial charge in [-0.2, -0.15) is 4.31 Å². The molecule has 5 rings (SSSR count). The maximum absolute atomic E-state index is 13.1. The third kappa shape index (κ3) is 6.39. The molecule has 3 aromatic carbocycles. The number of methoxy groups -OCH3 is 1. The average molecular weight is 637 g/mol. The van der Waals surface area contributed by atoms with Crippen LogP contribution in [-0.4, -0.2) is 50.7 Å². The lowest BCUT2D eigenvalue weighted by molar-refractivity contribution is 0.0730. The van der Waals surface area contributed by atoms with Crippen LogP contribution < -0.4 is 9.54 Å². The largest absolute Gasteiger partial charge is 0.497 e. The van der Waals surface area contributed by atoms with Crippen molar-refractivity contribution in [2.45, 2.75) is 11.4 Å². The maximum Gasteiger partial charge on any atom is 0.243 e. The van der Waals surface area contributed by atoms with E-state index in [9.17, 15) is 8.42 Å². The van der Waals surface area contributed by atoms with Gasteiger partial charge in [0.1, 0.15) is 5.75 Å². The molecule has 7 nitrogen and oxygen atoms in total. The Morgan fingerprint density at radius 2 is 1.63 bits per heavy atom. The normalized spacial score (nSPS) is 14.7. The third-order valence-electron chi connectivity index (χ3n) is 6.11. The number of ether oxygens (including phenoxy) is 2. The van der Waals surface area contributed by atoms with Gasteiger partial charge in [0.15, 0.2) is 4.80 Å². The molecule has 1 aliphatic heterocycles. The van der Waals surface area contributed by atoms with Crippen molar-refractivity contribution >= 4 is 55.6 Å². The zero-order chi connectivity index (χ0) is 25.8. The smallest absolute Gasteiger partial charge is 0.243 e. The van der Waals surface area contributed by atoms with Gasteiger partial charge < -0.3 is 14.0 Å². The summed E-state index contributed by atoms with van der Waals surface area (Å²) in [5.41, 5.74) is 3.74. The van der Waals surface area contributed by atoms with E-state index in [1.54, 1.807) is 19.2 Å². The molecule has 1 fully saturated rings. The standard InChI is InChI=1S/C27H26ClN3O4S2.BrH/c1-34-24-10-2-20(3-11-24)18-31-26(19-36-27(31)29-23-8-6-22(28)7-9-23)21-4-12-25(13-5-21)37(32,33)30-14-16-35-17-15-30;/h2-13,19H,14-18H2,1H3;1H. The second-order valence-electron chi connectivity index (χ2n) is 8.47. The van der Waals surface area contributed by atoms with Crippen LogP contribution in [0.2, 0.25) is 5.02 Å². The van der Waals surface area contributed by atoms with Gasteiger partial charge in [0.25, 0.3) is 0 Å². The molecule has 0 radical (unpaired) electrons. The van der Waals surface area contributed by atoms with Crippen LogP contribution in [0.3, 0.4) is 0 Å². The highest BCUT2D eigenvalue weighted by Crippen LogP contribution is 2.26. The lowest BCUT2D eigenvalue weighted by Gasteiger charge is -2.26. The summed E-state index contributed by atoms with van der Waals surface area (Å²) in [5, 5.41) is 2.70. The number of aromatic nitrogens is 1. The summed E-state index contributed by atoms with van der Waals surface area (Å²) >= 11 is 7.58. The van der Waals surface area contributed by atoms with Crippen LogP contribution in [0, 0.1) is 0 Å². The molecule has 11 heteroatoms. The van der Waals surface area contributed by atoms with Gasteiger partial charge in [-0.1, -0.05) is 35.9 Å². The number of benzene rings is 3. The second kappa shape index (κ2) is 12.6. The quantitative estimate of drug-likeness (QED) is 0.259. The highest BCUT2D eigenvalue weighted by molar-refractivity contribution is 8.93. The van der Waals surface area contributed by atoms with E-state index in [1.807, 2.05) is 66.0 Å². The molecule has 0 amide bonds. The molecule has 0 N–H and O–H groups in total. The van der Waals surface area contributed by atoms with Crippen molar-refractivity contribution in [3.63, 3.8) is 0 Å². The van der Waals surface area contributed by atoms with E-state index in [-0.39, 0.29) is 21.9 Å². The number of sulfonamides is 1. The van der Waals surface area contributed by atoms with Gasteiger partial charge in [-0.15, -0.1) is 28.3 Å². The molecule has 1 aliphatic rings. The summed E-state index contributed by atoms with van der Waals surface area (Å²) in [6, 6.07) is 22.4. The minimum atomic E-state index is -3.56. The predicted octanol–water partition coefficient (Wildman–Crippen LogP) is 5.76. The van der Waals surface area contributed by atoms with Crippen molar-refractivity contribution in [1.82, 2.24) is 8.87 Å². The Morgan fingerprint density at radius 1 is 0.974 bits per heavy atom. The Bertz CT molecular complexity index is 1530. The fourth-order valence-electron chi connectivity index (χ4n) is 4.08. The summed E-state index contributed by atoms with van der Waals surface area (Å²) in [5.74, 6) is 0.794. The van der Waals surface area contributed by atoms with Gasteiger partial charge in [0, 0.05) is 23.5 Å². The second-order valence-corrected chi connectivity index (χ2v) is 11.7. The van der Waals surface area contributed by atoms with Crippen LogP contribution in [-0.2, 0) is 21.3 Å². The average Bonchev–Trinajstić information content (AvgIpc) is 3.32. The van der Waals surface area contributed by atoms with E-state index in [1.165, 1.54) is 15.6 Å². The van der Waals surface area contributed by atoms with Crippen molar-refractivity contribution in [1.29, 1.82) is 0 Å².